The van der Waals surface area contributed by atoms with E-state index in [1.807, 2.05) is 6.07 Å². The van der Waals surface area contributed by atoms with Crippen molar-refractivity contribution in [1.82, 2.24) is 24.9 Å². The number of anilines is 1. The van der Waals surface area contributed by atoms with Gasteiger partial charge in [-0.1, -0.05) is 0 Å². The lowest BCUT2D eigenvalue weighted by molar-refractivity contribution is 0.351. The molecule has 2 N–H and O–H groups in total. The van der Waals surface area contributed by atoms with E-state index in [2.05, 4.69) is 39.2 Å². The molecule has 7 heteroatoms. The van der Waals surface area contributed by atoms with Crippen LogP contribution in [0.5, 0.6) is 0 Å². The number of piperazine rings is 1. The van der Waals surface area contributed by atoms with Gasteiger partial charge >= 0.3 is 5.69 Å². The molecule has 3 rings (SSSR count). The molecule has 0 spiro atoms. The Morgan fingerprint density at radius 2 is 2.28 bits per heavy atom. The van der Waals surface area contributed by atoms with Crippen molar-refractivity contribution in [2.45, 2.75) is 19.4 Å². The van der Waals surface area contributed by atoms with Gasteiger partial charge in [0.2, 0.25) is 0 Å². The molecule has 2 aromatic heterocycles. The maximum absolute atomic E-state index is 11.4. The molecule has 3 heterocycles. The topological polar surface area (TPSA) is 78.3 Å². The zero-order chi connectivity index (χ0) is 12.8. The molecule has 0 aromatic carbocycles. The highest BCUT2D eigenvalue weighted by atomic mass is 16.1. The van der Waals surface area contributed by atoms with E-state index in [-0.39, 0.29) is 11.2 Å². The molecule has 1 fully saturated rings. The van der Waals surface area contributed by atoms with Gasteiger partial charge in [-0.15, -0.1) is 0 Å². The number of aromatic nitrogens is 4. The van der Waals surface area contributed by atoms with E-state index in [1.54, 1.807) is 0 Å². The van der Waals surface area contributed by atoms with Gasteiger partial charge in [-0.2, -0.15) is 5.10 Å². The number of rotatable bonds is 1. The minimum atomic E-state index is -0.260. The van der Waals surface area contributed by atoms with Crippen LogP contribution in [0.2, 0.25) is 0 Å². The van der Waals surface area contributed by atoms with Crippen molar-refractivity contribution in [3.05, 3.63) is 22.9 Å². The van der Waals surface area contributed by atoms with Crippen molar-refractivity contribution in [2.24, 2.45) is 0 Å². The summed E-state index contributed by atoms with van der Waals surface area (Å²) in [6.07, 6.45) is 1.52. The Balaban J connectivity index is 1.96. The van der Waals surface area contributed by atoms with Crippen LogP contribution in [0.3, 0.4) is 0 Å². The van der Waals surface area contributed by atoms with Crippen molar-refractivity contribution in [3.8, 4) is 0 Å². The van der Waals surface area contributed by atoms with Gasteiger partial charge in [0, 0.05) is 31.2 Å². The van der Waals surface area contributed by atoms with E-state index in [9.17, 15) is 4.79 Å². The highest BCUT2D eigenvalue weighted by Crippen LogP contribution is 2.17. The average molecular weight is 248 g/mol. The van der Waals surface area contributed by atoms with Gasteiger partial charge in [-0.3, -0.25) is 0 Å². The molecule has 1 aliphatic heterocycles. The first-order chi connectivity index (χ1) is 8.55. The fourth-order valence-corrected chi connectivity index (χ4v) is 2.31. The first-order valence-electron chi connectivity index (χ1n) is 5.98. The summed E-state index contributed by atoms with van der Waals surface area (Å²) in [5.41, 5.74) is 0.406. The van der Waals surface area contributed by atoms with Crippen LogP contribution in [0.1, 0.15) is 13.8 Å². The van der Waals surface area contributed by atoms with Gasteiger partial charge in [0.1, 0.15) is 12.1 Å². The van der Waals surface area contributed by atoms with Crippen LogP contribution in [-0.4, -0.2) is 44.8 Å². The van der Waals surface area contributed by atoms with Gasteiger partial charge in [0.15, 0.2) is 5.65 Å². The van der Waals surface area contributed by atoms with E-state index in [1.165, 1.54) is 10.7 Å². The van der Waals surface area contributed by atoms with Crippen LogP contribution in [0.15, 0.2) is 17.2 Å². The van der Waals surface area contributed by atoms with Gasteiger partial charge in [0.05, 0.1) is 0 Å². The summed E-state index contributed by atoms with van der Waals surface area (Å²) in [4.78, 5) is 17.9. The average Bonchev–Trinajstić information content (AvgIpc) is 2.69. The molecule has 0 unspecified atom stereocenters. The monoisotopic (exact) mass is 248 g/mol. The standard InChI is InChI=1S/C11H16N6O/c1-11(2)6-16(4-3-13-11)8-5-9-14-15-10(18)17(9)7-12-8/h5,7,13H,3-4,6H2,1-2H3,(H,15,18). The number of fused-ring (bicyclic) bond motifs is 1. The van der Waals surface area contributed by atoms with Crippen LogP contribution >= 0.6 is 0 Å². The number of nitrogens with one attached hydrogen (secondary N) is 2. The van der Waals surface area contributed by atoms with E-state index in [4.69, 9.17) is 0 Å². The maximum Gasteiger partial charge on any atom is 0.348 e. The third-order valence-electron chi connectivity index (χ3n) is 3.19. The third kappa shape index (κ3) is 1.86. The van der Waals surface area contributed by atoms with Crippen molar-refractivity contribution in [1.29, 1.82) is 0 Å². The van der Waals surface area contributed by atoms with Gasteiger partial charge < -0.3 is 10.2 Å². The highest BCUT2D eigenvalue weighted by molar-refractivity contribution is 5.50. The van der Waals surface area contributed by atoms with E-state index in [0.717, 1.165) is 25.5 Å². The molecule has 0 bridgehead atoms. The number of nitrogens with zero attached hydrogens (tertiary/aromatic N) is 4. The second kappa shape index (κ2) is 3.81. The maximum atomic E-state index is 11.4. The van der Waals surface area contributed by atoms with E-state index in [0.29, 0.717) is 5.65 Å². The molecule has 0 saturated carbocycles. The molecular formula is C11H16N6O. The molecule has 18 heavy (non-hydrogen) atoms. The van der Waals surface area contributed by atoms with Gasteiger partial charge in [-0.25, -0.2) is 19.3 Å². The molecule has 2 aromatic rings. The summed E-state index contributed by atoms with van der Waals surface area (Å²) >= 11 is 0. The molecule has 1 saturated heterocycles. The van der Waals surface area contributed by atoms with Crippen LogP contribution in [0.4, 0.5) is 5.82 Å². The predicted molar refractivity (Wildman–Crippen MR) is 67.9 cm³/mol. The Bertz CT molecular complexity index is 628. The molecular weight excluding hydrogens is 232 g/mol. The number of H-pyrrole nitrogens is 1. The first-order valence-corrected chi connectivity index (χ1v) is 5.98. The Kier molecular flexibility index (Phi) is 2.37. The second-order valence-corrected chi connectivity index (χ2v) is 5.24. The normalized spacial score (nSPS) is 19.3. The molecule has 1 aliphatic rings. The fourth-order valence-electron chi connectivity index (χ4n) is 2.31. The van der Waals surface area contributed by atoms with E-state index >= 15 is 0 Å². The fraction of sp³-hybridized carbons (Fsp3) is 0.545. The number of aromatic amines is 1. The predicted octanol–water partition coefficient (Wildman–Crippen LogP) is -0.394. The van der Waals surface area contributed by atoms with Crippen molar-refractivity contribution < 1.29 is 0 Å². The Labute approximate surface area is 104 Å². The molecule has 0 aliphatic carbocycles. The third-order valence-corrected chi connectivity index (χ3v) is 3.19. The quantitative estimate of drug-likeness (QED) is 0.718. The van der Waals surface area contributed by atoms with Gasteiger partial charge in [0.25, 0.3) is 0 Å². The summed E-state index contributed by atoms with van der Waals surface area (Å²) in [5.74, 6) is 0.857. The van der Waals surface area contributed by atoms with Crippen molar-refractivity contribution in [2.75, 3.05) is 24.5 Å². The van der Waals surface area contributed by atoms with Crippen molar-refractivity contribution >= 4 is 11.5 Å². The Morgan fingerprint density at radius 1 is 1.44 bits per heavy atom. The summed E-state index contributed by atoms with van der Waals surface area (Å²) in [6.45, 7) is 7.03. The minimum absolute atomic E-state index is 0.0668. The second-order valence-electron chi connectivity index (χ2n) is 5.24. The van der Waals surface area contributed by atoms with Crippen LogP contribution < -0.4 is 15.9 Å². The lowest BCUT2D eigenvalue weighted by Crippen LogP contribution is -2.57. The summed E-state index contributed by atoms with van der Waals surface area (Å²) in [7, 11) is 0. The zero-order valence-electron chi connectivity index (χ0n) is 10.5. The largest absolute Gasteiger partial charge is 0.353 e. The van der Waals surface area contributed by atoms with Crippen LogP contribution in [0, 0.1) is 0 Å². The number of hydrogen-bond acceptors (Lipinski definition) is 5. The molecule has 0 radical (unpaired) electrons. The lowest BCUT2D eigenvalue weighted by Gasteiger charge is -2.39. The minimum Gasteiger partial charge on any atom is -0.353 e. The lowest BCUT2D eigenvalue weighted by atomic mass is 10.0. The Hall–Kier alpha value is -1.89. The summed E-state index contributed by atoms with van der Waals surface area (Å²) in [5, 5.41) is 9.82. The molecule has 7 nitrogen and oxygen atoms in total. The number of hydrogen-bond donors (Lipinski definition) is 2. The van der Waals surface area contributed by atoms with Crippen LogP contribution in [0.25, 0.3) is 5.65 Å². The summed E-state index contributed by atoms with van der Waals surface area (Å²) < 4.78 is 1.40. The SMILES string of the molecule is CC1(C)CN(c2cc3n[nH]c(=O)n3cn2)CCN1. The highest BCUT2D eigenvalue weighted by Gasteiger charge is 2.26. The first kappa shape index (κ1) is 11.2. The smallest absolute Gasteiger partial charge is 0.348 e. The van der Waals surface area contributed by atoms with Crippen molar-refractivity contribution in [3.63, 3.8) is 0 Å². The van der Waals surface area contributed by atoms with E-state index < -0.39 is 0 Å². The molecule has 96 valence electrons. The zero-order valence-corrected chi connectivity index (χ0v) is 10.5. The van der Waals surface area contributed by atoms with Gasteiger partial charge in [-0.05, 0) is 13.8 Å². The summed E-state index contributed by atoms with van der Waals surface area (Å²) in [6, 6.07) is 1.83. The van der Waals surface area contributed by atoms with Crippen LogP contribution in [-0.2, 0) is 0 Å². The molecule has 0 amide bonds. The molecule has 0 atom stereocenters. The Morgan fingerprint density at radius 3 is 3.06 bits per heavy atom.